The molecule has 1 rings (SSSR count). The fraction of sp³-hybridized carbons (Fsp3) is 1.00. The Labute approximate surface area is 80.4 Å². The van der Waals surface area contributed by atoms with Crippen molar-refractivity contribution in [3.63, 3.8) is 0 Å². The first-order chi connectivity index (χ1) is 5.86. The molecule has 1 saturated heterocycles. The molecule has 0 amide bonds. The van der Waals surface area contributed by atoms with E-state index in [0.717, 1.165) is 30.9 Å². The molecule has 0 N–H and O–H groups in total. The second-order valence-corrected chi connectivity index (χ2v) is 4.04. The van der Waals surface area contributed by atoms with Crippen molar-refractivity contribution in [2.45, 2.75) is 32.6 Å². The molecular weight excluding hydrogens is 172 g/mol. The smallest absolute Gasteiger partial charge is 0.0495 e. The summed E-state index contributed by atoms with van der Waals surface area (Å²) in [6.45, 7) is 4.18. The first-order valence-corrected chi connectivity index (χ1v) is 5.54. The van der Waals surface area contributed by atoms with E-state index in [1.165, 1.54) is 25.7 Å². The van der Waals surface area contributed by atoms with Crippen molar-refractivity contribution in [3.05, 3.63) is 0 Å². The number of hydrogen-bond acceptors (Lipinski definition) is 1. The largest absolute Gasteiger partial charge is 0.381 e. The molecule has 2 heteroatoms. The van der Waals surface area contributed by atoms with Gasteiger partial charge in [0.2, 0.25) is 0 Å². The van der Waals surface area contributed by atoms with E-state index in [1.54, 1.807) is 0 Å². The lowest BCUT2D eigenvalue weighted by Crippen LogP contribution is -2.06. The Balaban J connectivity index is 2.06. The Morgan fingerprint density at radius 1 is 1.58 bits per heavy atom. The molecule has 1 heterocycles. The van der Waals surface area contributed by atoms with Gasteiger partial charge in [0, 0.05) is 19.1 Å². The Morgan fingerprint density at radius 2 is 2.42 bits per heavy atom. The molecule has 0 aromatic heterocycles. The average molecular weight is 191 g/mol. The molecule has 0 saturated carbocycles. The number of halogens is 1. The molecule has 2 atom stereocenters. The first-order valence-electron chi connectivity index (χ1n) is 5.00. The summed E-state index contributed by atoms with van der Waals surface area (Å²) in [7, 11) is 0. The molecule has 0 bridgehead atoms. The van der Waals surface area contributed by atoms with Gasteiger partial charge in [-0.25, -0.2) is 0 Å². The van der Waals surface area contributed by atoms with Crippen LogP contribution in [0.2, 0.25) is 0 Å². The summed E-state index contributed by atoms with van der Waals surface area (Å²) in [5.74, 6) is 2.37. The lowest BCUT2D eigenvalue weighted by atomic mass is 9.95. The van der Waals surface area contributed by atoms with Crippen LogP contribution in [-0.4, -0.2) is 19.1 Å². The second-order valence-electron chi connectivity index (χ2n) is 3.74. The summed E-state index contributed by atoms with van der Waals surface area (Å²) in [5, 5.41) is 0. The highest BCUT2D eigenvalue weighted by Gasteiger charge is 2.16. The topological polar surface area (TPSA) is 9.23 Å². The second kappa shape index (κ2) is 5.82. The highest BCUT2D eigenvalue weighted by atomic mass is 35.5. The summed E-state index contributed by atoms with van der Waals surface area (Å²) >= 11 is 5.82. The van der Waals surface area contributed by atoms with Gasteiger partial charge in [0.15, 0.2) is 0 Å². The average Bonchev–Trinajstić information content (AvgIpc) is 2.59. The van der Waals surface area contributed by atoms with Crippen LogP contribution >= 0.6 is 11.6 Å². The first kappa shape index (κ1) is 10.3. The monoisotopic (exact) mass is 190 g/mol. The van der Waals surface area contributed by atoms with Crippen LogP contribution in [0.5, 0.6) is 0 Å². The summed E-state index contributed by atoms with van der Waals surface area (Å²) in [4.78, 5) is 0. The highest BCUT2D eigenvalue weighted by molar-refractivity contribution is 6.18. The lowest BCUT2D eigenvalue weighted by Gasteiger charge is -2.13. The lowest BCUT2D eigenvalue weighted by molar-refractivity contribution is 0.182. The Hall–Kier alpha value is 0.250. The fourth-order valence-corrected chi connectivity index (χ4v) is 2.05. The quantitative estimate of drug-likeness (QED) is 0.606. The van der Waals surface area contributed by atoms with Crippen molar-refractivity contribution in [1.29, 1.82) is 0 Å². The summed E-state index contributed by atoms with van der Waals surface area (Å²) in [6.07, 6.45) is 5.08. The van der Waals surface area contributed by atoms with Crippen LogP contribution in [0.3, 0.4) is 0 Å². The van der Waals surface area contributed by atoms with Gasteiger partial charge in [-0.3, -0.25) is 0 Å². The fourth-order valence-electron chi connectivity index (χ4n) is 1.67. The van der Waals surface area contributed by atoms with Crippen molar-refractivity contribution >= 4 is 11.6 Å². The molecule has 0 aliphatic carbocycles. The summed E-state index contributed by atoms with van der Waals surface area (Å²) in [6, 6.07) is 0. The van der Waals surface area contributed by atoms with Crippen molar-refractivity contribution in [2.75, 3.05) is 19.1 Å². The maximum Gasteiger partial charge on any atom is 0.0495 e. The minimum absolute atomic E-state index is 0.729. The molecule has 2 unspecified atom stereocenters. The van der Waals surface area contributed by atoms with E-state index in [4.69, 9.17) is 16.3 Å². The SMILES string of the molecule is CCC(CCl)CCC1CCOC1. The van der Waals surface area contributed by atoms with Crippen molar-refractivity contribution in [1.82, 2.24) is 0 Å². The predicted octanol–water partition coefficient (Wildman–Crippen LogP) is 3.07. The Morgan fingerprint density at radius 3 is 2.92 bits per heavy atom. The summed E-state index contributed by atoms with van der Waals surface area (Å²) in [5.41, 5.74) is 0. The van der Waals surface area contributed by atoms with E-state index < -0.39 is 0 Å². The van der Waals surface area contributed by atoms with E-state index in [2.05, 4.69) is 6.92 Å². The summed E-state index contributed by atoms with van der Waals surface area (Å²) < 4.78 is 5.32. The number of ether oxygens (including phenoxy) is 1. The van der Waals surface area contributed by atoms with Crippen LogP contribution in [0.4, 0.5) is 0 Å². The third kappa shape index (κ3) is 3.32. The predicted molar refractivity (Wildman–Crippen MR) is 52.7 cm³/mol. The van der Waals surface area contributed by atoms with E-state index in [-0.39, 0.29) is 0 Å². The van der Waals surface area contributed by atoms with Gasteiger partial charge in [0.1, 0.15) is 0 Å². The van der Waals surface area contributed by atoms with Crippen LogP contribution in [0.15, 0.2) is 0 Å². The minimum Gasteiger partial charge on any atom is -0.381 e. The Bertz CT molecular complexity index is 104. The third-order valence-electron chi connectivity index (χ3n) is 2.80. The van der Waals surface area contributed by atoms with Crippen molar-refractivity contribution in [3.8, 4) is 0 Å². The number of rotatable bonds is 5. The van der Waals surface area contributed by atoms with Gasteiger partial charge in [0.05, 0.1) is 0 Å². The van der Waals surface area contributed by atoms with Gasteiger partial charge in [-0.1, -0.05) is 13.3 Å². The van der Waals surface area contributed by atoms with Crippen LogP contribution in [-0.2, 0) is 4.74 Å². The maximum atomic E-state index is 5.82. The molecular formula is C10H19ClO. The van der Waals surface area contributed by atoms with Crippen molar-refractivity contribution < 1.29 is 4.74 Å². The molecule has 72 valence electrons. The molecule has 1 aliphatic rings. The van der Waals surface area contributed by atoms with Gasteiger partial charge in [-0.2, -0.15) is 0 Å². The minimum atomic E-state index is 0.729. The molecule has 1 aliphatic heterocycles. The van der Waals surface area contributed by atoms with Gasteiger partial charge < -0.3 is 4.74 Å². The molecule has 1 fully saturated rings. The van der Waals surface area contributed by atoms with Crippen LogP contribution in [0.1, 0.15) is 32.6 Å². The highest BCUT2D eigenvalue weighted by Crippen LogP contribution is 2.22. The molecule has 0 aromatic rings. The van der Waals surface area contributed by atoms with Gasteiger partial charge >= 0.3 is 0 Å². The number of hydrogen-bond donors (Lipinski definition) is 0. The molecule has 0 aromatic carbocycles. The van der Waals surface area contributed by atoms with Crippen molar-refractivity contribution in [2.24, 2.45) is 11.8 Å². The van der Waals surface area contributed by atoms with E-state index in [0.29, 0.717) is 0 Å². The molecule has 0 radical (unpaired) electrons. The van der Waals surface area contributed by atoms with Gasteiger partial charge in [-0.05, 0) is 31.1 Å². The van der Waals surface area contributed by atoms with E-state index in [1.807, 2.05) is 0 Å². The molecule has 0 spiro atoms. The zero-order valence-corrected chi connectivity index (χ0v) is 8.65. The van der Waals surface area contributed by atoms with Gasteiger partial charge in [-0.15, -0.1) is 11.6 Å². The number of alkyl halides is 1. The molecule has 12 heavy (non-hydrogen) atoms. The Kier molecular flexibility index (Phi) is 5.01. The third-order valence-corrected chi connectivity index (χ3v) is 3.24. The van der Waals surface area contributed by atoms with Gasteiger partial charge in [0.25, 0.3) is 0 Å². The standard InChI is InChI=1S/C10H19ClO/c1-2-9(7-11)3-4-10-5-6-12-8-10/h9-10H,2-8H2,1H3. The van der Waals surface area contributed by atoms with Crippen LogP contribution in [0.25, 0.3) is 0 Å². The van der Waals surface area contributed by atoms with E-state index >= 15 is 0 Å². The maximum absolute atomic E-state index is 5.82. The van der Waals surface area contributed by atoms with Crippen LogP contribution < -0.4 is 0 Å². The van der Waals surface area contributed by atoms with Crippen LogP contribution in [0, 0.1) is 11.8 Å². The zero-order valence-electron chi connectivity index (χ0n) is 7.89. The molecule has 1 nitrogen and oxygen atoms in total. The normalized spacial score (nSPS) is 26.0. The zero-order chi connectivity index (χ0) is 8.81. The van der Waals surface area contributed by atoms with E-state index in [9.17, 15) is 0 Å².